The van der Waals surface area contributed by atoms with Crippen molar-refractivity contribution in [2.45, 2.75) is 32.6 Å². The first-order valence-electron chi connectivity index (χ1n) is 9.94. The standard InChI is InChI=1S/C24H24O6/c1-13(2)9-15-10-20(25)30-19-11-18(28-4)22-23(26)17(12-29-24(22)21(15)19)14-5-7-16(27-3)8-6-14/h5-8,11-13,15H,9-10H2,1-4H3. The van der Waals surface area contributed by atoms with Crippen LogP contribution >= 0.6 is 0 Å². The molecule has 1 aromatic heterocycles. The van der Waals surface area contributed by atoms with E-state index in [1.807, 2.05) is 12.1 Å². The lowest BCUT2D eigenvalue weighted by Gasteiger charge is -2.27. The van der Waals surface area contributed by atoms with Crippen LogP contribution in [0.3, 0.4) is 0 Å². The van der Waals surface area contributed by atoms with E-state index in [0.717, 1.165) is 17.5 Å². The SMILES string of the molecule is COc1ccc(-c2coc3c4c(cc(OC)c3c2=O)OC(=O)CC4CC(C)C)cc1. The Kier molecular flexibility index (Phi) is 5.24. The van der Waals surface area contributed by atoms with E-state index in [4.69, 9.17) is 18.6 Å². The number of fused-ring (bicyclic) bond motifs is 3. The maximum atomic E-state index is 13.5. The number of esters is 1. The summed E-state index contributed by atoms with van der Waals surface area (Å²) >= 11 is 0. The molecule has 1 aliphatic heterocycles. The minimum absolute atomic E-state index is 0.0790. The van der Waals surface area contributed by atoms with E-state index >= 15 is 0 Å². The van der Waals surface area contributed by atoms with Crippen LogP contribution in [0.2, 0.25) is 0 Å². The molecule has 0 fully saturated rings. The average Bonchev–Trinajstić information content (AvgIpc) is 2.72. The van der Waals surface area contributed by atoms with Crippen molar-refractivity contribution in [2.75, 3.05) is 14.2 Å². The zero-order valence-corrected chi connectivity index (χ0v) is 17.5. The highest BCUT2D eigenvalue weighted by Crippen LogP contribution is 2.45. The van der Waals surface area contributed by atoms with E-state index in [-0.39, 0.29) is 23.7 Å². The molecule has 0 saturated heterocycles. The van der Waals surface area contributed by atoms with Crippen molar-refractivity contribution in [3.05, 3.63) is 52.4 Å². The fourth-order valence-corrected chi connectivity index (χ4v) is 4.11. The second-order valence-corrected chi connectivity index (χ2v) is 7.91. The fraction of sp³-hybridized carbons (Fsp3) is 0.333. The number of ether oxygens (including phenoxy) is 3. The van der Waals surface area contributed by atoms with Gasteiger partial charge in [0.15, 0.2) is 0 Å². The van der Waals surface area contributed by atoms with Gasteiger partial charge in [-0.2, -0.15) is 0 Å². The predicted molar refractivity (Wildman–Crippen MR) is 113 cm³/mol. The number of hydrogen-bond donors (Lipinski definition) is 0. The molecule has 0 aliphatic carbocycles. The van der Waals surface area contributed by atoms with Gasteiger partial charge >= 0.3 is 5.97 Å². The number of hydrogen-bond acceptors (Lipinski definition) is 6. The predicted octanol–water partition coefficient (Wildman–Crippen LogP) is 4.92. The molecule has 0 amide bonds. The van der Waals surface area contributed by atoms with Crippen molar-refractivity contribution < 1.29 is 23.4 Å². The summed E-state index contributed by atoms with van der Waals surface area (Å²) in [6, 6.07) is 8.83. The molecule has 0 saturated carbocycles. The number of methoxy groups -OCH3 is 2. The van der Waals surface area contributed by atoms with Gasteiger partial charge in [-0.05, 0) is 30.0 Å². The van der Waals surface area contributed by atoms with Gasteiger partial charge in [0.25, 0.3) is 0 Å². The Balaban J connectivity index is 1.96. The van der Waals surface area contributed by atoms with Crippen molar-refractivity contribution in [1.82, 2.24) is 0 Å². The Hall–Kier alpha value is -3.28. The number of carbonyl (C=O) groups excluding carboxylic acids is 1. The average molecular weight is 408 g/mol. The van der Waals surface area contributed by atoms with Crippen LogP contribution in [-0.4, -0.2) is 20.2 Å². The molecule has 2 heterocycles. The third-order valence-electron chi connectivity index (χ3n) is 5.43. The summed E-state index contributed by atoms with van der Waals surface area (Å²) in [5.74, 6) is 1.44. The van der Waals surface area contributed by atoms with E-state index < -0.39 is 0 Å². The van der Waals surface area contributed by atoms with Gasteiger partial charge in [-0.25, -0.2) is 0 Å². The molecule has 0 radical (unpaired) electrons. The summed E-state index contributed by atoms with van der Waals surface area (Å²) < 4.78 is 22.2. The molecule has 1 atom stereocenters. The molecule has 6 nitrogen and oxygen atoms in total. The highest BCUT2D eigenvalue weighted by Gasteiger charge is 2.33. The fourth-order valence-electron chi connectivity index (χ4n) is 4.11. The van der Waals surface area contributed by atoms with Crippen LogP contribution in [0.4, 0.5) is 0 Å². The zero-order chi connectivity index (χ0) is 21.4. The maximum absolute atomic E-state index is 13.5. The molecule has 30 heavy (non-hydrogen) atoms. The van der Waals surface area contributed by atoms with Gasteiger partial charge in [0, 0.05) is 17.5 Å². The molecule has 0 N–H and O–H groups in total. The summed E-state index contributed by atoms with van der Waals surface area (Å²) in [5, 5.41) is 0.358. The summed E-state index contributed by atoms with van der Waals surface area (Å²) in [4.78, 5) is 25.6. The van der Waals surface area contributed by atoms with Gasteiger partial charge in [-0.1, -0.05) is 26.0 Å². The Labute approximate surface area is 174 Å². The van der Waals surface area contributed by atoms with Crippen LogP contribution in [0.5, 0.6) is 17.2 Å². The van der Waals surface area contributed by atoms with Crippen molar-refractivity contribution >= 4 is 16.9 Å². The van der Waals surface area contributed by atoms with Crippen LogP contribution < -0.4 is 19.6 Å². The number of carbonyl (C=O) groups is 1. The molecule has 2 aromatic carbocycles. The summed E-state index contributed by atoms with van der Waals surface area (Å²) in [6.07, 6.45) is 2.51. The van der Waals surface area contributed by atoms with Gasteiger partial charge < -0.3 is 18.6 Å². The molecular formula is C24H24O6. The summed E-state index contributed by atoms with van der Waals surface area (Å²) in [5.41, 5.74) is 2.14. The van der Waals surface area contributed by atoms with E-state index in [1.165, 1.54) is 13.4 Å². The summed E-state index contributed by atoms with van der Waals surface area (Å²) in [7, 11) is 3.07. The third-order valence-corrected chi connectivity index (χ3v) is 5.43. The lowest BCUT2D eigenvalue weighted by atomic mass is 9.84. The lowest BCUT2D eigenvalue weighted by Crippen LogP contribution is -2.22. The molecule has 1 unspecified atom stereocenters. The molecule has 1 aliphatic rings. The topological polar surface area (TPSA) is 75.0 Å². The van der Waals surface area contributed by atoms with Crippen molar-refractivity contribution in [1.29, 1.82) is 0 Å². The Morgan fingerprint density at radius 2 is 1.83 bits per heavy atom. The Morgan fingerprint density at radius 1 is 1.10 bits per heavy atom. The second-order valence-electron chi connectivity index (χ2n) is 7.91. The van der Waals surface area contributed by atoms with Gasteiger partial charge in [0.2, 0.25) is 5.43 Å². The lowest BCUT2D eigenvalue weighted by molar-refractivity contribution is -0.136. The Morgan fingerprint density at radius 3 is 2.47 bits per heavy atom. The first kappa shape index (κ1) is 20.0. The molecule has 156 valence electrons. The highest BCUT2D eigenvalue weighted by molar-refractivity contribution is 5.93. The molecule has 4 rings (SSSR count). The molecule has 3 aromatic rings. The van der Waals surface area contributed by atoms with E-state index in [1.54, 1.807) is 25.3 Å². The molecule has 0 bridgehead atoms. The molecule has 0 spiro atoms. The number of benzene rings is 2. The molecular weight excluding hydrogens is 384 g/mol. The monoisotopic (exact) mass is 408 g/mol. The van der Waals surface area contributed by atoms with Crippen LogP contribution in [-0.2, 0) is 4.79 Å². The first-order chi connectivity index (χ1) is 14.4. The van der Waals surface area contributed by atoms with Gasteiger partial charge in [-0.3, -0.25) is 9.59 Å². The zero-order valence-electron chi connectivity index (χ0n) is 17.5. The summed E-state index contributed by atoms with van der Waals surface area (Å²) in [6.45, 7) is 4.20. The van der Waals surface area contributed by atoms with Crippen LogP contribution in [0, 0.1) is 5.92 Å². The first-order valence-corrected chi connectivity index (χ1v) is 9.94. The van der Waals surface area contributed by atoms with Crippen LogP contribution in [0.1, 0.15) is 38.2 Å². The van der Waals surface area contributed by atoms with Crippen molar-refractivity contribution in [3.8, 4) is 28.4 Å². The normalized spacial score (nSPS) is 15.8. The van der Waals surface area contributed by atoms with Crippen LogP contribution in [0.15, 0.2) is 45.8 Å². The highest BCUT2D eigenvalue weighted by atomic mass is 16.5. The van der Waals surface area contributed by atoms with E-state index in [9.17, 15) is 9.59 Å². The van der Waals surface area contributed by atoms with Crippen LogP contribution in [0.25, 0.3) is 22.1 Å². The minimum atomic E-state index is -0.285. The number of rotatable bonds is 5. The quantitative estimate of drug-likeness (QED) is 0.441. The third kappa shape index (κ3) is 3.43. The minimum Gasteiger partial charge on any atom is -0.497 e. The largest absolute Gasteiger partial charge is 0.497 e. The maximum Gasteiger partial charge on any atom is 0.311 e. The van der Waals surface area contributed by atoms with E-state index in [0.29, 0.717) is 39.7 Å². The van der Waals surface area contributed by atoms with E-state index in [2.05, 4.69) is 13.8 Å². The van der Waals surface area contributed by atoms with Gasteiger partial charge in [0.1, 0.15) is 34.5 Å². The smallest absolute Gasteiger partial charge is 0.311 e. The second kappa shape index (κ2) is 7.86. The van der Waals surface area contributed by atoms with Crippen molar-refractivity contribution in [2.24, 2.45) is 5.92 Å². The van der Waals surface area contributed by atoms with Crippen molar-refractivity contribution in [3.63, 3.8) is 0 Å². The van der Waals surface area contributed by atoms with Gasteiger partial charge in [-0.15, -0.1) is 0 Å². The molecule has 6 heteroatoms. The Bertz CT molecular complexity index is 1160. The van der Waals surface area contributed by atoms with Gasteiger partial charge in [0.05, 0.1) is 26.2 Å².